The van der Waals surface area contributed by atoms with Crippen molar-refractivity contribution in [1.29, 1.82) is 0 Å². The Morgan fingerprint density at radius 3 is 2.48 bits per heavy atom. The minimum atomic E-state index is -3.67. The second-order valence-corrected chi connectivity index (χ2v) is 12.4. The number of nitrogens with two attached hydrogens (primary N) is 1. The van der Waals surface area contributed by atoms with E-state index in [1.54, 1.807) is 32.9 Å². The van der Waals surface area contributed by atoms with Crippen LogP contribution in [0.15, 0.2) is 23.4 Å². The number of nitrogens with one attached hydrogen (secondary N) is 1. The van der Waals surface area contributed by atoms with E-state index in [2.05, 4.69) is 32.0 Å². The molecule has 0 radical (unpaired) electrons. The Morgan fingerprint density at radius 1 is 1.18 bits per heavy atom. The minimum absolute atomic E-state index is 0.129. The molecule has 178 valence electrons. The topological polar surface area (TPSA) is 127 Å². The van der Waals surface area contributed by atoms with Crippen LogP contribution in [0.5, 0.6) is 5.75 Å². The number of H-pyrrole nitrogens is 1. The van der Waals surface area contributed by atoms with Gasteiger partial charge in [-0.2, -0.15) is 5.10 Å². The molecule has 10 heteroatoms. The number of hydrogen-bond acceptors (Lipinski definition) is 8. The smallest absolute Gasteiger partial charge is 0.186 e. The van der Waals surface area contributed by atoms with Gasteiger partial charge in [0.1, 0.15) is 22.8 Å². The fraction of sp³-hybridized carbons (Fsp3) is 0.522. The molecule has 9 nitrogen and oxygen atoms in total. The molecule has 0 aliphatic carbocycles. The summed E-state index contributed by atoms with van der Waals surface area (Å²) in [7, 11) is -3.67. The first-order chi connectivity index (χ1) is 15.5. The van der Waals surface area contributed by atoms with Crippen molar-refractivity contribution in [3.8, 4) is 5.75 Å². The van der Waals surface area contributed by atoms with Gasteiger partial charge in [0.25, 0.3) is 0 Å². The normalized spacial score (nSPS) is 15.8. The molecule has 1 saturated heterocycles. The van der Waals surface area contributed by atoms with Crippen molar-refractivity contribution in [3.63, 3.8) is 0 Å². The van der Waals surface area contributed by atoms with Gasteiger partial charge in [0.15, 0.2) is 15.7 Å². The van der Waals surface area contributed by atoms with Crippen LogP contribution < -0.4 is 15.4 Å². The molecule has 1 aliphatic rings. The number of aromatic amines is 1. The molecular formula is C23H32N6O3S. The Bertz CT molecular complexity index is 1270. The van der Waals surface area contributed by atoms with E-state index in [1.807, 2.05) is 6.92 Å². The molecular weight excluding hydrogens is 440 g/mol. The van der Waals surface area contributed by atoms with Crippen LogP contribution in [0, 0.1) is 19.8 Å². The maximum absolute atomic E-state index is 13.3. The lowest BCUT2D eigenvalue weighted by molar-refractivity contribution is 0.218. The second-order valence-electron chi connectivity index (χ2n) is 9.73. The third-order valence-electron chi connectivity index (χ3n) is 6.44. The molecule has 1 aliphatic heterocycles. The molecule has 33 heavy (non-hydrogen) atoms. The molecule has 0 amide bonds. The molecule has 2 aromatic heterocycles. The van der Waals surface area contributed by atoms with Gasteiger partial charge in [-0.05, 0) is 59.4 Å². The van der Waals surface area contributed by atoms with Gasteiger partial charge in [-0.1, -0.05) is 0 Å². The van der Waals surface area contributed by atoms with Crippen molar-refractivity contribution >= 4 is 32.4 Å². The summed E-state index contributed by atoms with van der Waals surface area (Å²) in [5.74, 6) is 1.89. The van der Waals surface area contributed by atoms with Gasteiger partial charge in [-0.25, -0.2) is 18.4 Å². The van der Waals surface area contributed by atoms with Gasteiger partial charge in [0, 0.05) is 35.8 Å². The molecule has 0 bridgehead atoms. The number of nitrogens with zero attached hydrogens (tertiary/aromatic N) is 4. The van der Waals surface area contributed by atoms with E-state index < -0.39 is 14.6 Å². The molecule has 1 fully saturated rings. The first-order valence-electron chi connectivity index (χ1n) is 11.2. The van der Waals surface area contributed by atoms with E-state index in [4.69, 9.17) is 10.5 Å². The standard InChI is InChI=1S/C23H32N6O3S/c1-14-15(2)27-28-22(14)29-8-6-16(7-9-29)12-32-19-11-18-17(21(24)26-13-25-18)10-20(19)33(30,31)23(3,4)5/h10-11,13,16H,6-9,12H2,1-5H3,(H,27,28)(H2,24,25,26). The quantitative estimate of drug-likeness (QED) is 0.578. The lowest BCUT2D eigenvalue weighted by atomic mass is 9.97. The predicted molar refractivity (Wildman–Crippen MR) is 129 cm³/mol. The number of benzene rings is 1. The summed E-state index contributed by atoms with van der Waals surface area (Å²) in [6.45, 7) is 11.3. The van der Waals surface area contributed by atoms with Gasteiger partial charge in [-0.15, -0.1) is 0 Å². The first-order valence-corrected chi connectivity index (χ1v) is 12.7. The van der Waals surface area contributed by atoms with Crippen LogP contribution >= 0.6 is 0 Å². The Kier molecular flexibility index (Phi) is 5.98. The van der Waals surface area contributed by atoms with Crippen LogP contribution in [0.4, 0.5) is 11.6 Å². The summed E-state index contributed by atoms with van der Waals surface area (Å²) in [6.07, 6.45) is 3.25. The summed E-state index contributed by atoms with van der Waals surface area (Å²) < 4.78 is 31.8. The van der Waals surface area contributed by atoms with Gasteiger partial charge >= 0.3 is 0 Å². The largest absolute Gasteiger partial charge is 0.492 e. The van der Waals surface area contributed by atoms with Crippen LogP contribution in [-0.4, -0.2) is 53.0 Å². The van der Waals surface area contributed by atoms with Gasteiger partial charge in [0.2, 0.25) is 0 Å². The van der Waals surface area contributed by atoms with Crippen LogP contribution in [0.25, 0.3) is 10.9 Å². The molecule has 0 spiro atoms. The number of fused-ring (bicyclic) bond motifs is 1. The van der Waals surface area contributed by atoms with E-state index in [0.717, 1.165) is 37.4 Å². The number of anilines is 2. The molecule has 4 rings (SSSR count). The minimum Gasteiger partial charge on any atom is -0.492 e. The van der Waals surface area contributed by atoms with Crippen molar-refractivity contribution in [2.45, 2.75) is 57.1 Å². The van der Waals surface area contributed by atoms with Gasteiger partial charge in [0.05, 0.1) is 16.9 Å². The summed E-state index contributed by atoms with van der Waals surface area (Å²) in [5, 5.41) is 7.99. The highest BCUT2D eigenvalue weighted by molar-refractivity contribution is 7.92. The van der Waals surface area contributed by atoms with Crippen molar-refractivity contribution in [2.75, 3.05) is 30.3 Å². The number of aryl methyl sites for hydroxylation is 1. The predicted octanol–water partition coefficient (Wildman–Crippen LogP) is 3.42. The SMILES string of the molecule is Cc1[nH]nc(N2CCC(COc3cc4ncnc(N)c4cc3S(=O)(=O)C(C)(C)C)CC2)c1C. The molecule has 0 saturated carbocycles. The van der Waals surface area contributed by atoms with E-state index in [1.165, 1.54) is 11.9 Å². The van der Waals surface area contributed by atoms with E-state index >= 15 is 0 Å². The monoisotopic (exact) mass is 472 g/mol. The van der Waals surface area contributed by atoms with Gasteiger partial charge < -0.3 is 15.4 Å². The number of aromatic nitrogens is 4. The fourth-order valence-corrected chi connectivity index (χ4v) is 5.35. The van der Waals surface area contributed by atoms with Crippen LogP contribution in [0.1, 0.15) is 44.9 Å². The number of sulfone groups is 1. The zero-order valence-electron chi connectivity index (χ0n) is 19.8. The maximum atomic E-state index is 13.3. The number of piperidine rings is 1. The Balaban J connectivity index is 1.55. The summed E-state index contributed by atoms with van der Waals surface area (Å²) in [6, 6.07) is 3.21. The Hall–Kier alpha value is -2.88. The highest BCUT2D eigenvalue weighted by Gasteiger charge is 2.34. The third kappa shape index (κ3) is 4.36. The number of nitrogen functional groups attached to an aromatic ring is 1. The van der Waals surface area contributed by atoms with Crippen molar-refractivity contribution in [3.05, 3.63) is 29.7 Å². The highest BCUT2D eigenvalue weighted by atomic mass is 32.2. The number of hydrogen-bond donors (Lipinski definition) is 2. The molecule has 3 N–H and O–H groups in total. The molecule has 0 unspecified atom stereocenters. The van der Waals surface area contributed by atoms with Crippen molar-refractivity contribution in [2.24, 2.45) is 5.92 Å². The average Bonchev–Trinajstić information content (AvgIpc) is 3.10. The van der Waals surface area contributed by atoms with E-state index in [-0.39, 0.29) is 10.7 Å². The Morgan fingerprint density at radius 2 is 1.88 bits per heavy atom. The highest BCUT2D eigenvalue weighted by Crippen LogP contribution is 2.36. The maximum Gasteiger partial charge on any atom is 0.186 e. The number of rotatable bonds is 5. The second kappa shape index (κ2) is 8.48. The van der Waals surface area contributed by atoms with E-state index in [0.29, 0.717) is 29.2 Å². The van der Waals surface area contributed by atoms with Crippen LogP contribution in [0.2, 0.25) is 0 Å². The summed E-state index contributed by atoms with van der Waals surface area (Å²) >= 11 is 0. The molecule has 0 atom stereocenters. The van der Waals surface area contributed by atoms with Gasteiger partial charge in [-0.3, -0.25) is 5.10 Å². The van der Waals surface area contributed by atoms with Crippen LogP contribution in [-0.2, 0) is 9.84 Å². The molecule has 1 aromatic carbocycles. The molecule has 3 heterocycles. The van der Waals surface area contributed by atoms with E-state index in [9.17, 15) is 8.42 Å². The third-order valence-corrected chi connectivity index (χ3v) is 8.95. The zero-order valence-corrected chi connectivity index (χ0v) is 20.7. The fourth-order valence-electron chi connectivity index (χ4n) is 4.04. The lowest BCUT2D eigenvalue weighted by Gasteiger charge is -2.32. The summed E-state index contributed by atoms with van der Waals surface area (Å²) in [5.41, 5.74) is 8.82. The average molecular weight is 473 g/mol. The van der Waals surface area contributed by atoms with Crippen molar-refractivity contribution in [1.82, 2.24) is 20.2 Å². The van der Waals surface area contributed by atoms with Crippen molar-refractivity contribution < 1.29 is 13.2 Å². The first kappa shape index (κ1) is 23.3. The summed E-state index contributed by atoms with van der Waals surface area (Å²) in [4.78, 5) is 10.7. The Labute approximate surface area is 194 Å². The molecule has 3 aromatic rings. The lowest BCUT2D eigenvalue weighted by Crippen LogP contribution is -2.36. The van der Waals surface area contributed by atoms with Crippen LogP contribution in [0.3, 0.4) is 0 Å². The zero-order chi connectivity index (χ0) is 24.0. The number of ether oxygens (including phenoxy) is 1.